The average Bonchev–Trinajstić information content (AvgIpc) is 2.88. The number of carbonyl (C=O) groups is 1. The lowest BCUT2D eigenvalue weighted by Gasteiger charge is -2.13. The van der Waals surface area contributed by atoms with Crippen molar-refractivity contribution in [3.05, 3.63) is 94.9 Å². The van der Waals surface area contributed by atoms with Crippen molar-refractivity contribution < 1.29 is 32.8 Å². The zero-order chi connectivity index (χ0) is 32.1. The van der Waals surface area contributed by atoms with Crippen LogP contribution in [0.25, 0.3) is 11.1 Å². The highest BCUT2D eigenvalue weighted by atomic mass is 16.4. The fourth-order valence-electron chi connectivity index (χ4n) is 2.47. The molecule has 3 aromatic rings. The van der Waals surface area contributed by atoms with Gasteiger partial charge in [0.1, 0.15) is 0 Å². The van der Waals surface area contributed by atoms with Gasteiger partial charge in [0, 0.05) is 12.0 Å². The Bertz CT molecular complexity index is 1550. The van der Waals surface area contributed by atoms with Gasteiger partial charge in [-0.25, -0.2) is 4.79 Å². The summed E-state index contributed by atoms with van der Waals surface area (Å²) in [6, 6.07) is 0.545. The first-order valence-electron chi connectivity index (χ1n) is 15.2. The number of hydrogen-bond donors (Lipinski definition) is 3. The first kappa shape index (κ1) is 9.70. The van der Waals surface area contributed by atoms with Crippen molar-refractivity contribution in [1.29, 1.82) is 0 Å². The Morgan fingerprint density at radius 3 is 2.86 bits per heavy atom. The Hall–Kier alpha value is -2.95. The zero-order valence-electron chi connectivity index (χ0n) is 28.5. The highest BCUT2D eigenvalue weighted by Crippen LogP contribution is 2.22. The van der Waals surface area contributed by atoms with Gasteiger partial charge in [-0.1, -0.05) is 66.1 Å². The molecule has 3 aromatic carbocycles. The SMILES string of the molecule is [2H]c1c([2H])c(C(=O)O)c([2H])c(-c2cccc(CCC([2H])([2H])NC([2H])([2H])[C@]([2H])(O)c3c([2H])c([2H])c([2H])c(C)c3[2H])c2)c1[2H]. The summed E-state index contributed by atoms with van der Waals surface area (Å²) in [6.07, 6.45) is -3.94. The van der Waals surface area contributed by atoms with Crippen LogP contribution >= 0.6 is 0 Å². The molecule has 0 radical (unpaired) electrons. The second-order valence-electron chi connectivity index (χ2n) is 6.03. The number of carboxylic acid groups (broad SMARTS) is 1. The maximum atomic E-state index is 11.6. The third-order valence-corrected chi connectivity index (χ3v) is 3.85. The van der Waals surface area contributed by atoms with Crippen LogP contribution in [-0.4, -0.2) is 29.2 Å². The van der Waals surface area contributed by atoms with Crippen LogP contribution in [0.5, 0.6) is 0 Å². The molecule has 0 aliphatic heterocycles. The van der Waals surface area contributed by atoms with Gasteiger partial charge in [-0.15, -0.1) is 0 Å². The van der Waals surface area contributed by atoms with E-state index in [1.54, 1.807) is 6.07 Å². The molecular weight excluding hydrogens is 362 g/mol. The van der Waals surface area contributed by atoms with Crippen LogP contribution < -0.4 is 5.32 Å². The summed E-state index contributed by atoms with van der Waals surface area (Å²) in [4.78, 5) is 11.6. The number of aromatic carboxylic acids is 1. The molecule has 3 rings (SSSR count). The van der Waals surface area contributed by atoms with Gasteiger partial charge < -0.3 is 15.5 Å². The van der Waals surface area contributed by atoms with Crippen molar-refractivity contribution in [2.45, 2.75) is 25.8 Å². The molecule has 0 spiro atoms. The van der Waals surface area contributed by atoms with Crippen LogP contribution in [0.1, 0.15) is 57.4 Å². The number of benzene rings is 3. The van der Waals surface area contributed by atoms with E-state index >= 15 is 0 Å². The number of hydrogen-bond acceptors (Lipinski definition) is 3. The molecule has 0 saturated carbocycles. The van der Waals surface area contributed by atoms with Gasteiger partial charge in [0.2, 0.25) is 0 Å². The zero-order valence-corrected chi connectivity index (χ0v) is 15.5. The lowest BCUT2D eigenvalue weighted by molar-refractivity contribution is 0.0697. The standard InChI is InChI=1S/C25H27NO3/c1-18-6-2-11-22(14-18)24(27)17-26-13-5-8-19-7-3-9-20(15-19)21-10-4-12-23(16-21)25(28)29/h2-4,6-7,9-12,14-16,24,26-27H,5,8,13,17H2,1H3,(H,28,29)/t24-/m0/s1/i2D,4D,6D,10D,11D,12D,13D2,14D,16D,17D2,24D. The van der Waals surface area contributed by atoms with Crippen molar-refractivity contribution in [3.8, 4) is 11.1 Å². The first-order valence-corrected chi connectivity index (χ1v) is 8.68. The lowest BCUT2D eigenvalue weighted by Crippen LogP contribution is -2.22. The van der Waals surface area contributed by atoms with Gasteiger partial charge in [-0.3, -0.25) is 0 Å². The normalized spacial score (nSPS) is 20.4. The molecule has 0 fully saturated rings. The van der Waals surface area contributed by atoms with Gasteiger partial charge >= 0.3 is 5.97 Å². The Morgan fingerprint density at radius 1 is 1.21 bits per heavy atom. The second-order valence-corrected chi connectivity index (χ2v) is 6.03. The smallest absolute Gasteiger partial charge is 0.335 e. The van der Waals surface area contributed by atoms with Gasteiger partial charge in [-0.05, 0) is 60.6 Å². The predicted octanol–water partition coefficient (Wildman–Crippen LogP) is 4.62. The minimum Gasteiger partial charge on any atom is -0.478 e. The summed E-state index contributed by atoms with van der Waals surface area (Å²) in [6.45, 7) is -4.63. The van der Waals surface area contributed by atoms with Crippen molar-refractivity contribution >= 4 is 5.97 Å². The van der Waals surface area contributed by atoms with E-state index in [4.69, 9.17) is 17.8 Å². The van der Waals surface area contributed by atoms with E-state index in [0.717, 1.165) is 0 Å². The summed E-state index contributed by atoms with van der Waals surface area (Å²) < 4.78 is 105. The molecule has 4 heteroatoms. The topological polar surface area (TPSA) is 69.6 Å². The Morgan fingerprint density at radius 2 is 2.03 bits per heavy atom. The van der Waals surface area contributed by atoms with E-state index in [-0.39, 0.29) is 23.1 Å². The third-order valence-electron chi connectivity index (χ3n) is 3.85. The van der Waals surface area contributed by atoms with Crippen LogP contribution in [0.2, 0.25) is 0 Å². The van der Waals surface area contributed by atoms with Gasteiger partial charge in [0.15, 0.2) is 0 Å². The van der Waals surface area contributed by atoms with Crippen molar-refractivity contribution in [2.24, 2.45) is 0 Å². The third kappa shape index (κ3) is 6.01. The van der Waals surface area contributed by atoms with E-state index in [1.807, 2.05) is 5.32 Å². The summed E-state index contributed by atoms with van der Waals surface area (Å²) >= 11 is 0. The lowest BCUT2D eigenvalue weighted by atomic mass is 9.99. The molecule has 0 unspecified atom stereocenters. The summed E-state index contributed by atoms with van der Waals surface area (Å²) in [7, 11) is 0. The molecule has 4 nitrogen and oxygen atoms in total. The quantitative estimate of drug-likeness (QED) is 0.489. The largest absolute Gasteiger partial charge is 0.478 e. The van der Waals surface area contributed by atoms with Crippen LogP contribution in [0.3, 0.4) is 0 Å². The molecular formula is C25H27NO3. The van der Waals surface area contributed by atoms with E-state index in [9.17, 15) is 15.0 Å². The van der Waals surface area contributed by atoms with Crippen molar-refractivity contribution in [3.63, 3.8) is 0 Å². The second kappa shape index (κ2) is 10.0. The Labute approximate surface area is 190 Å². The molecule has 29 heavy (non-hydrogen) atoms. The van der Waals surface area contributed by atoms with E-state index in [0.29, 0.717) is 5.56 Å². The minimum absolute atomic E-state index is 0.0893. The number of carboxylic acids is 1. The molecule has 0 aromatic heterocycles. The fraction of sp³-hybridized carbons (Fsp3) is 0.240. The number of aliphatic hydroxyl groups is 1. The van der Waals surface area contributed by atoms with Gasteiger partial charge in [-0.2, -0.15) is 0 Å². The predicted molar refractivity (Wildman–Crippen MR) is 116 cm³/mol. The fourth-order valence-corrected chi connectivity index (χ4v) is 2.47. The van der Waals surface area contributed by atoms with Crippen molar-refractivity contribution in [2.75, 3.05) is 13.0 Å². The molecule has 0 bridgehead atoms. The molecule has 1 atom stereocenters. The van der Waals surface area contributed by atoms with E-state index in [1.165, 1.54) is 25.1 Å². The van der Waals surface area contributed by atoms with E-state index in [2.05, 4.69) is 0 Å². The highest BCUT2D eigenvalue weighted by molar-refractivity contribution is 5.89. The van der Waals surface area contributed by atoms with Crippen LogP contribution in [0, 0.1) is 6.92 Å². The van der Waals surface area contributed by atoms with Crippen LogP contribution in [-0.2, 0) is 6.42 Å². The summed E-state index contributed by atoms with van der Waals surface area (Å²) in [5.74, 6) is -1.60. The molecule has 0 aliphatic rings. The molecule has 0 amide bonds. The minimum atomic E-state index is -3.41. The maximum absolute atomic E-state index is 11.6. The molecule has 3 N–H and O–H groups in total. The molecule has 150 valence electrons. The maximum Gasteiger partial charge on any atom is 0.335 e. The number of aryl methyl sites for hydroxylation is 1. The monoisotopic (exact) mass is 402 g/mol. The summed E-state index contributed by atoms with van der Waals surface area (Å²) in [5.41, 5.74) is -1.40. The van der Waals surface area contributed by atoms with Crippen molar-refractivity contribution in [1.82, 2.24) is 5.32 Å². The molecule has 0 heterocycles. The van der Waals surface area contributed by atoms with Crippen LogP contribution in [0.15, 0.2) is 72.6 Å². The average molecular weight is 403 g/mol. The van der Waals surface area contributed by atoms with Crippen LogP contribution in [0.4, 0.5) is 0 Å². The Balaban J connectivity index is 1.91. The van der Waals surface area contributed by atoms with E-state index < -0.39 is 90.9 Å². The summed E-state index contributed by atoms with van der Waals surface area (Å²) in [5, 5.41) is 22.2. The Kier molecular flexibility index (Phi) is 3.35. The number of rotatable bonds is 9. The van der Waals surface area contributed by atoms with Gasteiger partial charge in [0.05, 0.1) is 24.0 Å². The number of nitrogens with one attached hydrogen (secondary N) is 1. The molecule has 0 aliphatic carbocycles. The van der Waals surface area contributed by atoms with Gasteiger partial charge in [0.25, 0.3) is 0 Å². The highest BCUT2D eigenvalue weighted by Gasteiger charge is 2.07. The molecule has 0 saturated heterocycles. The first-order chi connectivity index (χ1) is 19.2.